The summed E-state index contributed by atoms with van der Waals surface area (Å²) in [5.74, 6) is -0.430. The zero-order valence-corrected chi connectivity index (χ0v) is 15.8. The van der Waals surface area contributed by atoms with E-state index in [1.54, 1.807) is 20.2 Å². The standard InChI is InChI=1S/C15H16Br2N2O4/c1-19-13(21)12(15(14(19)22)4-3-11(20)18-15)7-5-10(23-2)9(17)6-8(7)16/h5-6,12-13,21H,3-4H2,1-2H3,(H,18,20)/t12-,13+,15-/m0/s1. The number of amides is 2. The van der Waals surface area contributed by atoms with Crippen molar-refractivity contribution < 1.29 is 19.4 Å². The topological polar surface area (TPSA) is 78.9 Å². The lowest BCUT2D eigenvalue weighted by molar-refractivity contribution is -0.136. The average molecular weight is 448 g/mol. The van der Waals surface area contributed by atoms with Gasteiger partial charge in [-0.15, -0.1) is 0 Å². The third kappa shape index (κ3) is 2.38. The smallest absolute Gasteiger partial charge is 0.250 e. The third-order valence-corrected chi connectivity index (χ3v) is 5.95. The number of ether oxygens (including phenoxy) is 1. The van der Waals surface area contributed by atoms with Gasteiger partial charge in [-0.3, -0.25) is 9.59 Å². The van der Waals surface area contributed by atoms with Crippen molar-refractivity contribution >= 4 is 43.7 Å². The van der Waals surface area contributed by atoms with Crippen LogP contribution >= 0.6 is 31.9 Å². The SMILES string of the molecule is COc1cc([C@H]2[C@@H](O)N(C)C(=O)[C@]23CCC(=O)N3)c(Br)cc1Br. The number of carbonyl (C=O) groups is 2. The molecule has 2 aliphatic rings. The molecule has 0 aliphatic carbocycles. The lowest BCUT2D eigenvalue weighted by atomic mass is 9.79. The highest BCUT2D eigenvalue weighted by Crippen LogP contribution is 2.48. The van der Waals surface area contributed by atoms with Crippen molar-refractivity contribution in [3.8, 4) is 5.75 Å². The van der Waals surface area contributed by atoms with E-state index in [4.69, 9.17) is 4.74 Å². The van der Waals surface area contributed by atoms with Crippen LogP contribution in [0.5, 0.6) is 5.75 Å². The first-order valence-electron chi connectivity index (χ1n) is 7.11. The Labute approximate surface area is 150 Å². The summed E-state index contributed by atoms with van der Waals surface area (Å²) in [4.78, 5) is 25.8. The maximum atomic E-state index is 12.7. The summed E-state index contributed by atoms with van der Waals surface area (Å²) in [6.45, 7) is 0. The molecule has 2 saturated heterocycles. The van der Waals surface area contributed by atoms with Crippen LogP contribution in [0, 0.1) is 0 Å². The van der Waals surface area contributed by atoms with Crippen molar-refractivity contribution in [2.45, 2.75) is 30.5 Å². The maximum absolute atomic E-state index is 12.7. The third-order valence-electron chi connectivity index (χ3n) is 4.64. The van der Waals surface area contributed by atoms with Gasteiger partial charge in [0.1, 0.15) is 17.5 Å². The van der Waals surface area contributed by atoms with Gasteiger partial charge in [0.05, 0.1) is 17.5 Å². The number of aliphatic hydroxyl groups excluding tert-OH is 1. The molecule has 2 aliphatic heterocycles. The lowest BCUT2D eigenvalue weighted by Gasteiger charge is -2.30. The lowest BCUT2D eigenvalue weighted by Crippen LogP contribution is -2.51. The Morgan fingerprint density at radius 3 is 2.61 bits per heavy atom. The molecule has 8 heteroatoms. The molecule has 0 bridgehead atoms. The summed E-state index contributed by atoms with van der Waals surface area (Å²) in [6.07, 6.45) is -0.390. The summed E-state index contributed by atoms with van der Waals surface area (Å²) in [6, 6.07) is 3.59. The van der Waals surface area contributed by atoms with E-state index in [0.717, 1.165) is 14.5 Å². The van der Waals surface area contributed by atoms with Crippen LogP contribution in [0.15, 0.2) is 21.1 Å². The fourth-order valence-electron chi connectivity index (χ4n) is 3.49. The minimum absolute atomic E-state index is 0.175. The molecule has 3 atom stereocenters. The molecule has 2 N–H and O–H groups in total. The Hall–Kier alpha value is -1.12. The van der Waals surface area contributed by atoms with Gasteiger partial charge in [-0.25, -0.2) is 0 Å². The Bertz CT molecular complexity index is 696. The molecule has 0 unspecified atom stereocenters. The number of hydrogen-bond donors (Lipinski definition) is 2. The molecule has 1 spiro atoms. The molecule has 1 aromatic rings. The number of nitrogens with zero attached hydrogens (tertiary/aromatic N) is 1. The van der Waals surface area contributed by atoms with E-state index in [1.165, 1.54) is 4.90 Å². The van der Waals surface area contributed by atoms with Crippen molar-refractivity contribution in [2.24, 2.45) is 0 Å². The Kier molecular flexibility index (Phi) is 4.18. The van der Waals surface area contributed by atoms with Gasteiger partial charge in [-0.05, 0) is 40.0 Å². The summed E-state index contributed by atoms with van der Waals surface area (Å²) in [5, 5.41) is 13.4. The first-order valence-corrected chi connectivity index (χ1v) is 8.69. The Morgan fingerprint density at radius 2 is 2.04 bits per heavy atom. The van der Waals surface area contributed by atoms with Crippen LogP contribution in [0.4, 0.5) is 0 Å². The number of halogens is 2. The number of aliphatic hydroxyl groups is 1. The molecular weight excluding hydrogens is 432 g/mol. The van der Waals surface area contributed by atoms with Crippen molar-refractivity contribution in [3.63, 3.8) is 0 Å². The molecule has 1 aromatic carbocycles. The number of rotatable bonds is 2. The van der Waals surface area contributed by atoms with Crippen LogP contribution < -0.4 is 10.1 Å². The predicted molar refractivity (Wildman–Crippen MR) is 90.0 cm³/mol. The highest BCUT2D eigenvalue weighted by Gasteiger charge is 2.61. The number of carbonyl (C=O) groups excluding carboxylic acids is 2. The minimum atomic E-state index is -1.10. The van der Waals surface area contributed by atoms with E-state index in [9.17, 15) is 14.7 Å². The second-order valence-corrected chi connectivity index (χ2v) is 7.54. The first-order chi connectivity index (χ1) is 10.8. The quantitative estimate of drug-likeness (QED) is 0.723. The van der Waals surface area contributed by atoms with Crippen LogP contribution in [-0.4, -0.2) is 47.7 Å². The molecule has 23 heavy (non-hydrogen) atoms. The van der Waals surface area contributed by atoms with Gasteiger partial charge in [0.25, 0.3) is 5.91 Å². The van der Waals surface area contributed by atoms with Crippen LogP contribution in [0.1, 0.15) is 24.3 Å². The molecule has 2 heterocycles. The number of benzene rings is 1. The van der Waals surface area contributed by atoms with Gasteiger partial charge >= 0.3 is 0 Å². The van der Waals surface area contributed by atoms with Crippen LogP contribution in [0.2, 0.25) is 0 Å². The van der Waals surface area contributed by atoms with Gasteiger partial charge in [-0.2, -0.15) is 0 Å². The zero-order valence-electron chi connectivity index (χ0n) is 12.6. The van der Waals surface area contributed by atoms with Gasteiger partial charge in [-0.1, -0.05) is 15.9 Å². The fraction of sp³-hybridized carbons (Fsp3) is 0.467. The van der Waals surface area contributed by atoms with Gasteiger partial charge in [0.15, 0.2) is 0 Å². The van der Waals surface area contributed by atoms with E-state index in [1.807, 2.05) is 6.07 Å². The Balaban J connectivity index is 2.17. The highest BCUT2D eigenvalue weighted by molar-refractivity contribution is 9.11. The predicted octanol–water partition coefficient (Wildman–Crippen LogP) is 1.74. The van der Waals surface area contributed by atoms with Crippen LogP contribution in [0.25, 0.3) is 0 Å². The second-order valence-electron chi connectivity index (χ2n) is 5.84. The van der Waals surface area contributed by atoms with Crippen molar-refractivity contribution in [1.82, 2.24) is 10.2 Å². The fourth-order valence-corrected chi connectivity index (χ4v) is 4.89. The van der Waals surface area contributed by atoms with Gasteiger partial charge in [0, 0.05) is 17.9 Å². The molecular formula is C15H16Br2N2O4. The highest BCUT2D eigenvalue weighted by atomic mass is 79.9. The molecule has 2 amide bonds. The average Bonchev–Trinajstić information content (AvgIpc) is 2.97. The summed E-state index contributed by atoms with van der Waals surface area (Å²) >= 11 is 6.90. The minimum Gasteiger partial charge on any atom is -0.496 e. The van der Waals surface area contributed by atoms with E-state index >= 15 is 0 Å². The molecule has 0 saturated carbocycles. The molecule has 0 radical (unpaired) electrons. The normalized spacial score (nSPS) is 30.2. The number of nitrogens with one attached hydrogen (secondary N) is 1. The van der Waals surface area contributed by atoms with E-state index in [-0.39, 0.29) is 18.2 Å². The first kappa shape index (κ1) is 16.7. The molecule has 2 fully saturated rings. The summed E-state index contributed by atoms with van der Waals surface area (Å²) in [7, 11) is 3.09. The summed E-state index contributed by atoms with van der Waals surface area (Å²) in [5.41, 5.74) is -0.385. The van der Waals surface area contributed by atoms with Crippen molar-refractivity contribution in [3.05, 3.63) is 26.6 Å². The number of hydrogen-bond acceptors (Lipinski definition) is 4. The Morgan fingerprint density at radius 1 is 1.35 bits per heavy atom. The van der Waals surface area contributed by atoms with E-state index in [0.29, 0.717) is 12.2 Å². The number of methoxy groups -OCH3 is 1. The summed E-state index contributed by atoms with van der Waals surface area (Å²) < 4.78 is 6.82. The van der Waals surface area contributed by atoms with Gasteiger partial charge < -0.3 is 20.1 Å². The van der Waals surface area contributed by atoms with Crippen molar-refractivity contribution in [2.75, 3.05) is 14.2 Å². The molecule has 0 aromatic heterocycles. The zero-order chi connectivity index (χ0) is 16.9. The maximum Gasteiger partial charge on any atom is 0.250 e. The molecule has 6 nitrogen and oxygen atoms in total. The van der Waals surface area contributed by atoms with Crippen LogP contribution in [0.3, 0.4) is 0 Å². The monoisotopic (exact) mass is 446 g/mol. The van der Waals surface area contributed by atoms with Crippen LogP contribution in [-0.2, 0) is 9.59 Å². The molecule has 3 rings (SSSR count). The number of likely N-dealkylation sites (N-methyl/N-ethyl adjacent to an activating group) is 1. The van der Waals surface area contributed by atoms with Gasteiger partial charge in [0.2, 0.25) is 5.91 Å². The van der Waals surface area contributed by atoms with E-state index in [2.05, 4.69) is 37.2 Å². The van der Waals surface area contributed by atoms with Crippen molar-refractivity contribution in [1.29, 1.82) is 0 Å². The molecule has 124 valence electrons. The second kappa shape index (κ2) is 5.75. The largest absolute Gasteiger partial charge is 0.496 e. The van der Waals surface area contributed by atoms with E-state index < -0.39 is 17.7 Å². The number of likely N-dealkylation sites (tertiary alicyclic amines) is 1.